The molecule has 18 N–H and O–H groups in total. The Labute approximate surface area is 518 Å². The van der Waals surface area contributed by atoms with Gasteiger partial charge < -0.3 is 139 Å². The Balaban J connectivity index is 0.897. The Kier molecular flexibility index (Phi) is 22.3. The van der Waals surface area contributed by atoms with Gasteiger partial charge in [-0.05, 0) is 113 Å². The Morgan fingerprint density at radius 1 is 0.573 bits per heavy atom. The normalized spacial score (nSPS) is 51.8. The van der Waals surface area contributed by atoms with Gasteiger partial charge in [-0.25, -0.2) is 0 Å². The molecule has 28 nitrogen and oxygen atoms in total. The van der Waals surface area contributed by atoms with E-state index in [0.717, 1.165) is 24.8 Å². The van der Waals surface area contributed by atoms with E-state index in [1.165, 1.54) is 20.8 Å². The molecular weight excluding hydrogens is 1180 g/mol. The van der Waals surface area contributed by atoms with E-state index < -0.39 is 215 Å². The molecule has 35 atom stereocenters. The van der Waals surface area contributed by atoms with Crippen molar-refractivity contribution in [3.63, 3.8) is 0 Å². The molecule has 516 valence electrons. The van der Waals surface area contributed by atoms with Crippen molar-refractivity contribution in [3.8, 4) is 0 Å². The molecule has 89 heavy (non-hydrogen) atoms. The zero-order chi connectivity index (χ0) is 65.5. The van der Waals surface area contributed by atoms with Crippen LogP contribution in [0, 0.1) is 45.3 Å². The highest BCUT2D eigenvalue weighted by molar-refractivity contribution is 5.32. The first-order chi connectivity index (χ1) is 41.7. The van der Waals surface area contributed by atoms with Crippen LogP contribution >= 0.6 is 0 Å². The van der Waals surface area contributed by atoms with Crippen LogP contribution in [0.4, 0.5) is 0 Å². The van der Waals surface area contributed by atoms with Gasteiger partial charge in [0.1, 0.15) is 116 Å². The molecule has 28 heteroatoms. The summed E-state index contributed by atoms with van der Waals surface area (Å²) < 4.78 is 59.8. The summed E-state index contributed by atoms with van der Waals surface area (Å²) in [7, 11) is 0. The average Bonchev–Trinajstić information content (AvgIpc) is 1.66. The van der Waals surface area contributed by atoms with Gasteiger partial charge in [0.05, 0.1) is 56.4 Å². The maximum Gasteiger partial charge on any atom is 0.187 e. The van der Waals surface area contributed by atoms with Crippen LogP contribution in [0.2, 0.25) is 0 Å². The third-order valence-corrected chi connectivity index (χ3v) is 23.1. The summed E-state index contributed by atoms with van der Waals surface area (Å²) in [5.74, 6) is 0.0562. The van der Waals surface area contributed by atoms with E-state index >= 15 is 0 Å². The van der Waals surface area contributed by atoms with Crippen molar-refractivity contribution in [2.24, 2.45) is 45.3 Å². The molecular formula is C61H104O28. The maximum absolute atomic E-state index is 12.9. The van der Waals surface area contributed by atoms with E-state index in [1.54, 1.807) is 0 Å². The number of hydrogen-bond donors (Lipinski definition) is 18. The second-order valence-electron chi connectivity index (χ2n) is 28.8. The van der Waals surface area contributed by atoms with Crippen LogP contribution < -0.4 is 0 Å². The number of aliphatic hydroxyl groups excluding tert-OH is 17. The molecule has 0 aromatic heterocycles. The molecule has 5 saturated heterocycles. The van der Waals surface area contributed by atoms with Crippen molar-refractivity contribution in [3.05, 3.63) is 11.6 Å². The van der Waals surface area contributed by atoms with Gasteiger partial charge in [0.15, 0.2) is 31.5 Å². The summed E-state index contributed by atoms with van der Waals surface area (Å²) >= 11 is 0. The van der Waals surface area contributed by atoms with E-state index in [4.69, 9.17) is 47.4 Å². The van der Waals surface area contributed by atoms with Crippen molar-refractivity contribution in [1.29, 1.82) is 0 Å². The molecule has 0 spiro atoms. The fraction of sp³-hybridized carbons (Fsp3) is 0.967. The molecule has 9 aliphatic rings. The fourth-order valence-corrected chi connectivity index (χ4v) is 17.6. The first kappa shape index (κ1) is 71.9. The van der Waals surface area contributed by atoms with Crippen LogP contribution in [-0.4, -0.2) is 296 Å². The SMILES string of the molecule is CC[C@@]12CCC([C@H](C)CC[C@@H](O[C@@H]3O[C@H](CO[C@H]4O[C@H](CO)[C@@H](O)[C@H](O)[C@H]4O)[C@@H](O)[C@H](O)[C@H]3O[C@@H]3O[C@H](CO)[C@@H](O)[C@H](O)[C@H]3O)C(C)(C)O)[C@@]1(C)C[C@@H](O)[C@@]1(C)C3CC[C@H](O[C@@H]4O[C@H](CO)[C@@H](O[C@H]5OC(C)[C@@H](O)[C@H](O)[C@H]5O)[C@H](O)[C@H]4O)C(C)(C)C3=CCC12. The minimum Gasteiger partial charge on any atom is -0.394 e. The lowest BCUT2D eigenvalue weighted by atomic mass is 9.37. The second kappa shape index (κ2) is 27.6. The number of aliphatic hydroxyl groups is 18. The number of allylic oxidation sites excluding steroid dienone is 1. The van der Waals surface area contributed by atoms with E-state index in [-0.39, 0.29) is 40.9 Å². The molecule has 9 rings (SSSR count). The highest BCUT2D eigenvalue weighted by atomic mass is 16.8. The topological polar surface area (TPSA) is 456 Å². The van der Waals surface area contributed by atoms with E-state index in [2.05, 4.69) is 47.6 Å². The Bertz CT molecular complexity index is 2340. The molecule has 4 aliphatic carbocycles. The number of hydrogen-bond acceptors (Lipinski definition) is 28. The van der Waals surface area contributed by atoms with Crippen molar-refractivity contribution >= 4 is 0 Å². The second-order valence-corrected chi connectivity index (χ2v) is 28.8. The van der Waals surface area contributed by atoms with E-state index in [0.29, 0.717) is 32.1 Å². The number of ether oxygens (including phenoxy) is 10. The van der Waals surface area contributed by atoms with Gasteiger partial charge >= 0.3 is 0 Å². The molecule has 0 aromatic carbocycles. The van der Waals surface area contributed by atoms with E-state index in [1.807, 2.05) is 0 Å². The minimum absolute atomic E-state index is 0.0267. The molecule has 3 saturated carbocycles. The fourth-order valence-electron chi connectivity index (χ4n) is 17.6. The lowest BCUT2D eigenvalue weighted by Gasteiger charge is -2.68. The van der Waals surface area contributed by atoms with Crippen LogP contribution in [0.15, 0.2) is 11.6 Å². The van der Waals surface area contributed by atoms with E-state index in [9.17, 15) is 91.9 Å². The average molecular weight is 1290 g/mol. The van der Waals surface area contributed by atoms with Crippen molar-refractivity contribution < 1.29 is 139 Å². The summed E-state index contributed by atoms with van der Waals surface area (Å²) in [5.41, 5.74) is -2.34. The van der Waals surface area contributed by atoms with Crippen LogP contribution in [0.5, 0.6) is 0 Å². The number of rotatable bonds is 20. The van der Waals surface area contributed by atoms with Gasteiger partial charge in [-0.3, -0.25) is 0 Å². The van der Waals surface area contributed by atoms with Gasteiger partial charge in [-0.1, -0.05) is 53.2 Å². The Morgan fingerprint density at radius 3 is 1.67 bits per heavy atom. The quantitative estimate of drug-likeness (QED) is 0.0517. The predicted molar refractivity (Wildman–Crippen MR) is 303 cm³/mol. The van der Waals surface area contributed by atoms with Gasteiger partial charge in [0.25, 0.3) is 0 Å². The summed E-state index contributed by atoms with van der Waals surface area (Å²) in [6.45, 7) is 14.7. The number of fused-ring (bicyclic) bond motifs is 5. The summed E-state index contributed by atoms with van der Waals surface area (Å²) in [5, 5.41) is 196. The molecule has 0 amide bonds. The lowest BCUT2D eigenvalue weighted by Crippen LogP contribution is -2.66. The van der Waals surface area contributed by atoms with Crippen molar-refractivity contribution in [1.82, 2.24) is 0 Å². The van der Waals surface area contributed by atoms with Gasteiger partial charge in [-0.2, -0.15) is 0 Å². The monoisotopic (exact) mass is 1280 g/mol. The highest BCUT2D eigenvalue weighted by Gasteiger charge is 2.71. The van der Waals surface area contributed by atoms with Crippen LogP contribution in [0.3, 0.4) is 0 Å². The molecule has 4 unspecified atom stereocenters. The predicted octanol–water partition coefficient (Wildman–Crippen LogP) is -3.99. The van der Waals surface area contributed by atoms with Crippen molar-refractivity contribution in [2.75, 3.05) is 26.4 Å². The largest absolute Gasteiger partial charge is 0.394 e. The molecule has 5 aliphatic heterocycles. The van der Waals surface area contributed by atoms with Gasteiger partial charge in [-0.15, -0.1) is 0 Å². The summed E-state index contributed by atoms with van der Waals surface area (Å²) in [6, 6.07) is 0. The lowest BCUT2D eigenvalue weighted by molar-refractivity contribution is -0.380. The highest BCUT2D eigenvalue weighted by Crippen LogP contribution is 2.76. The third kappa shape index (κ3) is 12.9. The zero-order valence-electron chi connectivity index (χ0n) is 52.4. The molecule has 0 aromatic rings. The van der Waals surface area contributed by atoms with Gasteiger partial charge in [0, 0.05) is 10.8 Å². The van der Waals surface area contributed by atoms with Crippen molar-refractivity contribution in [2.45, 2.75) is 298 Å². The van der Waals surface area contributed by atoms with Crippen LogP contribution in [0.25, 0.3) is 0 Å². The summed E-state index contributed by atoms with van der Waals surface area (Å²) in [6.07, 6.45) is -35.2. The molecule has 5 heterocycles. The Hall–Kier alpha value is -1.38. The molecule has 8 fully saturated rings. The smallest absolute Gasteiger partial charge is 0.187 e. The first-order valence-electron chi connectivity index (χ1n) is 32.0. The summed E-state index contributed by atoms with van der Waals surface area (Å²) in [4.78, 5) is 0. The van der Waals surface area contributed by atoms with Crippen LogP contribution in [0.1, 0.15) is 120 Å². The zero-order valence-corrected chi connectivity index (χ0v) is 52.4. The van der Waals surface area contributed by atoms with Crippen LogP contribution in [-0.2, 0) is 47.4 Å². The first-order valence-corrected chi connectivity index (χ1v) is 32.0. The molecule has 0 bridgehead atoms. The Morgan fingerprint density at radius 2 is 1.08 bits per heavy atom. The maximum atomic E-state index is 12.9. The molecule has 0 radical (unpaired) electrons. The third-order valence-electron chi connectivity index (χ3n) is 23.1. The van der Waals surface area contributed by atoms with Gasteiger partial charge in [0.2, 0.25) is 0 Å². The minimum atomic E-state index is -1.95. The standard InChI is InChI=1S/C61H104O28/c1-10-61-18-17-26(24(2)11-15-36(58(6,7)79)87-56-51(89-55-48(77)43(72)39(68)30(21-63)83-55)44(73)40(69)32(85-56)23-80-52-46(75)42(71)38(67)29(20-62)82-52)59(61,8)19-34(65)60(9)28-13-16-35(57(4,5)27(28)12-14-33(60)61)86-54-49(78)45(74)50(31(22-64)84-54)88-53-47(76)41(70)37(66)25(3)81-53/h12,24-26,28-56,62-79H,10-11,13-23H2,1-9H3/t24-,25?,26?,28?,29-,30-,31-,32-,33?,34-,35+,36-,37-,38-,39-,40-,41+,42+,43+,44+,45-,46-,47-,48-,49-,50-,51-,52+,53-,54+,55+,56+,59-,60+,61+/m1/s1.